The third-order valence-corrected chi connectivity index (χ3v) is 5.52. The highest BCUT2D eigenvalue weighted by Gasteiger charge is 2.18. The van der Waals surface area contributed by atoms with Crippen molar-refractivity contribution in [3.05, 3.63) is 132 Å². The Labute approximate surface area is 189 Å². The molecule has 0 amide bonds. The normalized spacial score (nSPS) is 11.2. The van der Waals surface area contributed by atoms with Crippen LogP contribution in [0.1, 0.15) is 11.1 Å². The van der Waals surface area contributed by atoms with E-state index in [1.807, 2.05) is 18.3 Å². The molecular weight excluding hydrogens is 388 g/mol. The molecule has 1 aromatic heterocycles. The molecule has 0 radical (unpaired) electrons. The largest absolute Gasteiger partial charge is 0.309 e. The lowest BCUT2D eigenvalue weighted by atomic mass is 10.1. The first kappa shape index (κ1) is 19.8. The van der Waals surface area contributed by atoms with Gasteiger partial charge in [-0.3, -0.25) is 4.99 Å². The van der Waals surface area contributed by atoms with Crippen LogP contribution >= 0.6 is 0 Å². The lowest BCUT2D eigenvalue weighted by Crippen LogP contribution is -2.00. The SMILES string of the molecule is Cc1cccc(N=Cc2cc(-c3ccccc3)n(-c3ccccc3)c2-c2ccccc2)c1. The van der Waals surface area contributed by atoms with E-state index < -0.39 is 0 Å². The van der Waals surface area contributed by atoms with Crippen molar-refractivity contribution in [2.24, 2.45) is 4.99 Å². The van der Waals surface area contributed by atoms with E-state index in [-0.39, 0.29) is 0 Å². The minimum atomic E-state index is 0.956. The molecule has 0 spiro atoms. The Bertz CT molecular complexity index is 1350. The molecule has 2 heteroatoms. The monoisotopic (exact) mass is 412 g/mol. The first-order chi connectivity index (χ1) is 15.8. The average Bonchev–Trinajstić information content (AvgIpc) is 3.24. The van der Waals surface area contributed by atoms with Crippen LogP contribution in [0.2, 0.25) is 0 Å². The van der Waals surface area contributed by atoms with Crippen molar-refractivity contribution < 1.29 is 0 Å². The van der Waals surface area contributed by atoms with Crippen LogP contribution in [-0.4, -0.2) is 10.8 Å². The minimum absolute atomic E-state index is 0.956. The molecule has 1 heterocycles. The molecule has 0 fully saturated rings. The Hall–Kier alpha value is -4.17. The quantitative estimate of drug-likeness (QED) is 0.261. The number of nitrogens with zero attached hydrogens (tertiary/aromatic N) is 2. The van der Waals surface area contributed by atoms with Crippen LogP contribution in [0.25, 0.3) is 28.2 Å². The van der Waals surface area contributed by atoms with Gasteiger partial charge in [0.25, 0.3) is 0 Å². The first-order valence-corrected chi connectivity index (χ1v) is 10.8. The van der Waals surface area contributed by atoms with Crippen LogP contribution < -0.4 is 0 Å². The number of rotatable bonds is 5. The molecule has 2 nitrogen and oxygen atoms in total. The van der Waals surface area contributed by atoms with Gasteiger partial charge < -0.3 is 4.57 Å². The summed E-state index contributed by atoms with van der Waals surface area (Å²) in [7, 11) is 0. The molecule has 0 atom stereocenters. The lowest BCUT2D eigenvalue weighted by molar-refractivity contribution is 1.09. The zero-order chi connectivity index (χ0) is 21.8. The molecule has 0 N–H and O–H groups in total. The fraction of sp³-hybridized carbons (Fsp3) is 0.0333. The Morgan fingerprint density at radius 1 is 0.625 bits per heavy atom. The highest BCUT2D eigenvalue weighted by Crippen LogP contribution is 2.35. The van der Waals surface area contributed by atoms with E-state index in [0.29, 0.717) is 0 Å². The first-order valence-electron chi connectivity index (χ1n) is 10.8. The zero-order valence-electron chi connectivity index (χ0n) is 18.0. The second kappa shape index (κ2) is 8.91. The van der Waals surface area contributed by atoms with E-state index in [1.165, 1.54) is 11.1 Å². The second-order valence-electron chi connectivity index (χ2n) is 7.83. The summed E-state index contributed by atoms with van der Waals surface area (Å²) in [6.07, 6.45) is 1.99. The average molecular weight is 413 g/mol. The number of para-hydroxylation sites is 1. The van der Waals surface area contributed by atoms with Gasteiger partial charge in [-0.15, -0.1) is 0 Å². The van der Waals surface area contributed by atoms with Gasteiger partial charge in [-0.1, -0.05) is 91.0 Å². The predicted molar refractivity (Wildman–Crippen MR) is 135 cm³/mol. The molecule has 0 unspecified atom stereocenters. The van der Waals surface area contributed by atoms with Crippen molar-refractivity contribution in [3.8, 4) is 28.2 Å². The highest BCUT2D eigenvalue weighted by molar-refractivity contribution is 5.94. The van der Waals surface area contributed by atoms with Crippen molar-refractivity contribution in [2.75, 3.05) is 0 Å². The molecule has 0 aliphatic carbocycles. The van der Waals surface area contributed by atoms with Crippen LogP contribution in [0.5, 0.6) is 0 Å². The maximum absolute atomic E-state index is 4.83. The number of benzene rings is 4. The molecule has 0 saturated heterocycles. The van der Waals surface area contributed by atoms with Gasteiger partial charge in [0.1, 0.15) is 0 Å². The second-order valence-corrected chi connectivity index (χ2v) is 7.83. The van der Waals surface area contributed by atoms with E-state index in [0.717, 1.165) is 33.9 Å². The van der Waals surface area contributed by atoms with Gasteiger partial charge in [-0.05, 0) is 53.9 Å². The summed E-state index contributed by atoms with van der Waals surface area (Å²) in [5, 5.41) is 0. The van der Waals surface area contributed by atoms with E-state index in [2.05, 4.69) is 121 Å². The number of aromatic nitrogens is 1. The molecule has 5 aromatic rings. The molecule has 0 aliphatic rings. The van der Waals surface area contributed by atoms with Gasteiger partial charge in [-0.25, -0.2) is 0 Å². The minimum Gasteiger partial charge on any atom is -0.309 e. The number of aryl methyl sites for hydroxylation is 1. The standard InChI is InChI=1S/C30H24N2/c1-23-12-11-17-27(20-23)31-22-26-21-29(24-13-5-2-6-14-24)32(28-18-9-4-10-19-28)30(26)25-15-7-3-8-16-25/h2-22H,1H3. The van der Waals surface area contributed by atoms with Crippen molar-refractivity contribution in [3.63, 3.8) is 0 Å². The smallest absolute Gasteiger partial charge is 0.0632 e. The Morgan fingerprint density at radius 2 is 1.25 bits per heavy atom. The maximum atomic E-state index is 4.83. The van der Waals surface area contributed by atoms with E-state index >= 15 is 0 Å². The van der Waals surface area contributed by atoms with Crippen molar-refractivity contribution in [1.29, 1.82) is 0 Å². The highest BCUT2D eigenvalue weighted by atomic mass is 15.0. The zero-order valence-corrected chi connectivity index (χ0v) is 18.0. The summed E-state index contributed by atoms with van der Waals surface area (Å²) in [5.74, 6) is 0. The fourth-order valence-electron chi connectivity index (χ4n) is 4.04. The molecule has 4 aromatic carbocycles. The Morgan fingerprint density at radius 3 is 1.91 bits per heavy atom. The summed E-state index contributed by atoms with van der Waals surface area (Å²) < 4.78 is 2.34. The number of aliphatic imine (C=N–C) groups is 1. The fourth-order valence-corrected chi connectivity index (χ4v) is 4.04. The van der Waals surface area contributed by atoms with Gasteiger partial charge >= 0.3 is 0 Å². The maximum Gasteiger partial charge on any atom is 0.0632 e. The van der Waals surface area contributed by atoms with Gasteiger partial charge in [0.05, 0.1) is 17.1 Å². The van der Waals surface area contributed by atoms with Crippen LogP contribution in [0.15, 0.2) is 126 Å². The molecule has 0 bridgehead atoms. The van der Waals surface area contributed by atoms with Crippen molar-refractivity contribution in [2.45, 2.75) is 6.92 Å². The van der Waals surface area contributed by atoms with Gasteiger partial charge in [-0.2, -0.15) is 0 Å². The molecular formula is C30H24N2. The summed E-state index contributed by atoms with van der Waals surface area (Å²) in [6.45, 7) is 2.09. The summed E-state index contributed by atoms with van der Waals surface area (Å²) >= 11 is 0. The van der Waals surface area contributed by atoms with E-state index in [1.54, 1.807) is 0 Å². The summed E-state index contributed by atoms with van der Waals surface area (Å²) in [5.41, 5.74) is 8.97. The van der Waals surface area contributed by atoms with E-state index in [4.69, 9.17) is 4.99 Å². The topological polar surface area (TPSA) is 17.3 Å². The number of hydrogen-bond acceptors (Lipinski definition) is 1. The van der Waals surface area contributed by atoms with Crippen LogP contribution in [0.3, 0.4) is 0 Å². The molecule has 32 heavy (non-hydrogen) atoms. The predicted octanol–water partition coefficient (Wildman–Crippen LogP) is 7.87. The van der Waals surface area contributed by atoms with Crippen LogP contribution in [0.4, 0.5) is 5.69 Å². The van der Waals surface area contributed by atoms with Crippen LogP contribution in [0, 0.1) is 6.92 Å². The van der Waals surface area contributed by atoms with Crippen molar-refractivity contribution in [1.82, 2.24) is 4.57 Å². The third-order valence-electron chi connectivity index (χ3n) is 5.52. The molecule has 154 valence electrons. The van der Waals surface area contributed by atoms with E-state index in [9.17, 15) is 0 Å². The van der Waals surface area contributed by atoms with Crippen molar-refractivity contribution >= 4 is 11.9 Å². The third kappa shape index (κ3) is 4.03. The van der Waals surface area contributed by atoms with Gasteiger partial charge in [0.15, 0.2) is 0 Å². The molecule has 0 aliphatic heterocycles. The summed E-state index contributed by atoms with van der Waals surface area (Å²) in [4.78, 5) is 4.83. The van der Waals surface area contributed by atoms with Gasteiger partial charge in [0.2, 0.25) is 0 Å². The number of hydrogen-bond donors (Lipinski definition) is 0. The van der Waals surface area contributed by atoms with Gasteiger partial charge in [0, 0.05) is 17.5 Å². The molecule has 0 saturated carbocycles. The molecule has 5 rings (SSSR count). The lowest BCUT2D eigenvalue weighted by Gasteiger charge is -2.15. The van der Waals surface area contributed by atoms with Crippen LogP contribution in [-0.2, 0) is 0 Å². The summed E-state index contributed by atoms with van der Waals surface area (Å²) in [6, 6.07) is 42.1. The Balaban J connectivity index is 1.77. The Kier molecular flexibility index (Phi) is 5.50.